The Morgan fingerprint density at radius 2 is 2.15 bits per heavy atom. The number of hydrogen-bond acceptors (Lipinski definition) is 4. The summed E-state index contributed by atoms with van der Waals surface area (Å²) in [5.74, 6) is 0.0290. The van der Waals surface area contributed by atoms with E-state index < -0.39 is 7.82 Å². The summed E-state index contributed by atoms with van der Waals surface area (Å²) in [5.41, 5.74) is 0. The van der Waals surface area contributed by atoms with Crippen LogP contribution in [0.1, 0.15) is 0 Å². The Balaban J connectivity index is 2.81. The molecular weight excluding hydrogens is 195 g/mol. The second-order valence-corrected chi connectivity index (χ2v) is 3.72. The van der Waals surface area contributed by atoms with Crippen LogP contribution in [0, 0.1) is 0 Å². The van der Waals surface area contributed by atoms with E-state index in [1.807, 2.05) is 0 Å². The summed E-state index contributed by atoms with van der Waals surface area (Å²) < 4.78 is 19.6. The molecule has 0 saturated heterocycles. The van der Waals surface area contributed by atoms with E-state index >= 15 is 0 Å². The van der Waals surface area contributed by atoms with Crippen molar-refractivity contribution in [2.75, 3.05) is 7.11 Å². The van der Waals surface area contributed by atoms with Crippen molar-refractivity contribution in [2.45, 2.75) is 0 Å². The third kappa shape index (κ3) is 3.06. The van der Waals surface area contributed by atoms with Crippen LogP contribution in [0.3, 0.4) is 0 Å². The van der Waals surface area contributed by atoms with Gasteiger partial charge in [-0.1, -0.05) is 6.07 Å². The average molecular weight is 204 g/mol. The molecule has 0 bridgehead atoms. The molecule has 0 saturated carbocycles. The maximum absolute atomic E-state index is 10.9. The summed E-state index contributed by atoms with van der Waals surface area (Å²) in [6.07, 6.45) is 0. The van der Waals surface area contributed by atoms with Gasteiger partial charge in [-0.2, -0.15) is 0 Å². The van der Waals surface area contributed by atoms with Crippen LogP contribution < -0.4 is 4.52 Å². The van der Waals surface area contributed by atoms with Gasteiger partial charge in [-0.3, -0.25) is 9.42 Å². The molecule has 72 valence electrons. The number of rotatable bonds is 3. The van der Waals surface area contributed by atoms with Crippen LogP contribution in [-0.2, 0) is 9.09 Å². The zero-order valence-electron chi connectivity index (χ0n) is 6.88. The molecular formula is C7H9O5P. The van der Waals surface area contributed by atoms with Crippen molar-refractivity contribution in [3.8, 4) is 11.5 Å². The molecule has 5 nitrogen and oxygen atoms in total. The van der Waals surface area contributed by atoms with E-state index in [1.165, 1.54) is 24.3 Å². The first-order valence-electron chi connectivity index (χ1n) is 3.41. The average Bonchev–Trinajstić information content (AvgIpc) is 2.03. The summed E-state index contributed by atoms with van der Waals surface area (Å²) >= 11 is 0. The molecule has 1 rings (SSSR count). The Kier molecular flexibility index (Phi) is 2.93. The molecule has 13 heavy (non-hydrogen) atoms. The van der Waals surface area contributed by atoms with E-state index in [0.717, 1.165) is 7.11 Å². The molecule has 1 aromatic rings. The normalized spacial score (nSPS) is 14.9. The van der Waals surface area contributed by atoms with E-state index in [1.54, 1.807) is 0 Å². The van der Waals surface area contributed by atoms with E-state index in [0.29, 0.717) is 0 Å². The molecule has 1 aromatic carbocycles. The van der Waals surface area contributed by atoms with Crippen molar-refractivity contribution in [1.29, 1.82) is 0 Å². The molecule has 0 spiro atoms. The lowest BCUT2D eigenvalue weighted by Gasteiger charge is -2.09. The lowest BCUT2D eigenvalue weighted by atomic mass is 10.3. The minimum atomic E-state index is -4.03. The minimum absolute atomic E-state index is 0.0476. The lowest BCUT2D eigenvalue weighted by Crippen LogP contribution is -1.93. The van der Waals surface area contributed by atoms with Crippen molar-refractivity contribution >= 4 is 7.82 Å². The van der Waals surface area contributed by atoms with Gasteiger partial charge >= 0.3 is 7.82 Å². The summed E-state index contributed by atoms with van der Waals surface area (Å²) in [6, 6.07) is 5.55. The van der Waals surface area contributed by atoms with E-state index in [4.69, 9.17) is 10.00 Å². The second-order valence-electron chi connectivity index (χ2n) is 2.24. The molecule has 2 N–H and O–H groups in total. The van der Waals surface area contributed by atoms with Crippen LogP contribution in [0.4, 0.5) is 0 Å². The number of phosphoric acid groups is 1. The number of phenolic OH excluding ortho intramolecular Hbond substituents is 1. The standard InChI is InChI=1S/C7H9O5P/c1-11-13(9,10)12-7-4-2-3-6(8)5-7/h2-5,8H,1H3,(H,9,10). The molecule has 0 aliphatic carbocycles. The Morgan fingerprint density at radius 3 is 2.69 bits per heavy atom. The Hall–Kier alpha value is -1.03. The number of phenols is 1. The minimum Gasteiger partial charge on any atom is -0.508 e. The number of phosphoric ester groups is 1. The molecule has 0 aliphatic rings. The zero-order valence-corrected chi connectivity index (χ0v) is 7.77. The van der Waals surface area contributed by atoms with Gasteiger partial charge in [0.15, 0.2) is 0 Å². The quantitative estimate of drug-likeness (QED) is 0.730. The SMILES string of the molecule is COP(=O)(O)Oc1cccc(O)c1. The molecule has 0 amide bonds. The third-order valence-electron chi connectivity index (χ3n) is 1.27. The van der Waals surface area contributed by atoms with Gasteiger partial charge in [-0.15, -0.1) is 0 Å². The van der Waals surface area contributed by atoms with Gasteiger partial charge in [0.05, 0.1) is 0 Å². The first-order valence-corrected chi connectivity index (χ1v) is 4.90. The first kappa shape index (κ1) is 10.1. The van der Waals surface area contributed by atoms with Gasteiger partial charge in [0, 0.05) is 13.2 Å². The second kappa shape index (κ2) is 3.79. The van der Waals surface area contributed by atoms with Gasteiger partial charge < -0.3 is 9.63 Å². The Labute approximate surface area is 75.2 Å². The predicted molar refractivity (Wildman–Crippen MR) is 45.6 cm³/mol. The maximum atomic E-state index is 10.9. The van der Waals surface area contributed by atoms with Gasteiger partial charge in [-0.05, 0) is 12.1 Å². The molecule has 1 unspecified atom stereocenters. The fourth-order valence-electron chi connectivity index (χ4n) is 0.711. The van der Waals surface area contributed by atoms with Crippen LogP contribution in [0.5, 0.6) is 11.5 Å². The fourth-order valence-corrected chi connectivity index (χ4v) is 1.17. The van der Waals surface area contributed by atoms with Gasteiger partial charge in [0.2, 0.25) is 0 Å². The van der Waals surface area contributed by atoms with Crippen molar-refractivity contribution in [2.24, 2.45) is 0 Å². The molecule has 1 atom stereocenters. The summed E-state index contributed by atoms with van der Waals surface area (Å²) in [4.78, 5) is 8.90. The van der Waals surface area contributed by atoms with E-state index in [2.05, 4.69) is 9.05 Å². The molecule has 0 radical (unpaired) electrons. The first-order chi connectivity index (χ1) is 6.03. The fraction of sp³-hybridized carbons (Fsp3) is 0.143. The lowest BCUT2D eigenvalue weighted by molar-refractivity contribution is 0.242. The van der Waals surface area contributed by atoms with Crippen molar-refractivity contribution in [1.82, 2.24) is 0 Å². The summed E-state index contributed by atoms with van der Waals surface area (Å²) in [7, 11) is -2.97. The highest BCUT2D eigenvalue weighted by atomic mass is 31.2. The maximum Gasteiger partial charge on any atom is 0.527 e. The zero-order chi connectivity index (χ0) is 9.90. The molecule has 6 heteroatoms. The molecule has 0 heterocycles. The van der Waals surface area contributed by atoms with Gasteiger partial charge in [-0.25, -0.2) is 4.57 Å². The van der Waals surface area contributed by atoms with Crippen molar-refractivity contribution < 1.29 is 23.6 Å². The smallest absolute Gasteiger partial charge is 0.508 e. The number of benzene rings is 1. The Morgan fingerprint density at radius 1 is 1.46 bits per heavy atom. The molecule has 0 aliphatic heterocycles. The largest absolute Gasteiger partial charge is 0.527 e. The van der Waals surface area contributed by atoms with Crippen LogP contribution in [0.2, 0.25) is 0 Å². The van der Waals surface area contributed by atoms with Crippen LogP contribution in [-0.4, -0.2) is 17.1 Å². The Bertz CT molecular complexity index is 337. The highest BCUT2D eigenvalue weighted by Crippen LogP contribution is 2.43. The predicted octanol–water partition coefficient (Wildman–Crippen LogP) is 1.52. The van der Waals surface area contributed by atoms with Gasteiger partial charge in [0.25, 0.3) is 0 Å². The van der Waals surface area contributed by atoms with Crippen LogP contribution in [0.25, 0.3) is 0 Å². The highest BCUT2D eigenvalue weighted by molar-refractivity contribution is 7.47. The van der Waals surface area contributed by atoms with Crippen molar-refractivity contribution in [3.05, 3.63) is 24.3 Å². The van der Waals surface area contributed by atoms with E-state index in [-0.39, 0.29) is 11.5 Å². The third-order valence-corrected chi connectivity index (χ3v) is 2.17. The number of aromatic hydroxyl groups is 1. The summed E-state index contributed by atoms with van der Waals surface area (Å²) in [5, 5.41) is 8.99. The summed E-state index contributed by atoms with van der Waals surface area (Å²) in [6.45, 7) is 0. The molecule has 0 aromatic heterocycles. The number of hydrogen-bond donors (Lipinski definition) is 2. The van der Waals surface area contributed by atoms with E-state index in [9.17, 15) is 4.57 Å². The van der Waals surface area contributed by atoms with Gasteiger partial charge in [0.1, 0.15) is 11.5 Å². The topological polar surface area (TPSA) is 76.0 Å². The molecule has 0 fully saturated rings. The van der Waals surface area contributed by atoms with Crippen LogP contribution in [0.15, 0.2) is 24.3 Å². The van der Waals surface area contributed by atoms with Crippen molar-refractivity contribution in [3.63, 3.8) is 0 Å². The highest BCUT2D eigenvalue weighted by Gasteiger charge is 2.20. The monoisotopic (exact) mass is 204 g/mol. The van der Waals surface area contributed by atoms with Crippen LogP contribution >= 0.6 is 7.82 Å².